The largest absolute Gasteiger partial charge is 0.376 e. The summed E-state index contributed by atoms with van der Waals surface area (Å²) in [5.74, 6) is -0.340. The molecule has 3 rings (SSSR count). The van der Waals surface area contributed by atoms with Gasteiger partial charge in [-0.15, -0.1) is 0 Å². The summed E-state index contributed by atoms with van der Waals surface area (Å²) < 4.78 is 5.58. The molecule has 0 saturated carbocycles. The van der Waals surface area contributed by atoms with Crippen molar-refractivity contribution in [2.24, 2.45) is 0 Å². The number of nitrogens with one attached hydrogen (secondary N) is 2. The van der Waals surface area contributed by atoms with Gasteiger partial charge < -0.3 is 15.4 Å². The molecule has 0 bridgehead atoms. The SMILES string of the molecule is CC(NC(=O)Nc1ccccc1CN1C(=O)CCC1=O)C1CCCO1. The van der Waals surface area contributed by atoms with Gasteiger partial charge in [0.05, 0.1) is 18.7 Å². The Balaban J connectivity index is 1.63. The van der Waals surface area contributed by atoms with Crippen LogP contribution in [0, 0.1) is 0 Å². The molecule has 2 N–H and O–H groups in total. The molecule has 7 heteroatoms. The summed E-state index contributed by atoms with van der Waals surface area (Å²) in [5.41, 5.74) is 1.32. The third-order valence-corrected chi connectivity index (χ3v) is 4.63. The van der Waals surface area contributed by atoms with Gasteiger partial charge in [-0.25, -0.2) is 4.79 Å². The number of carbonyl (C=O) groups is 3. The second-order valence-electron chi connectivity index (χ2n) is 6.47. The Bertz CT molecular complexity index is 654. The Labute approximate surface area is 146 Å². The van der Waals surface area contributed by atoms with Gasteiger partial charge in [-0.3, -0.25) is 14.5 Å². The Morgan fingerprint density at radius 1 is 1.28 bits per heavy atom. The number of nitrogens with zero attached hydrogens (tertiary/aromatic N) is 1. The van der Waals surface area contributed by atoms with Gasteiger partial charge in [-0.2, -0.15) is 0 Å². The van der Waals surface area contributed by atoms with Crippen LogP contribution in [0.2, 0.25) is 0 Å². The number of carbonyl (C=O) groups excluding carboxylic acids is 3. The molecular weight excluding hydrogens is 322 g/mol. The van der Waals surface area contributed by atoms with Crippen LogP contribution in [0.3, 0.4) is 0 Å². The number of imide groups is 1. The van der Waals surface area contributed by atoms with E-state index in [1.807, 2.05) is 13.0 Å². The van der Waals surface area contributed by atoms with Gasteiger partial charge in [0.1, 0.15) is 0 Å². The van der Waals surface area contributed by atoms with Gasteiger partial charge in [0.2, 0.25) is 11.8 Å². The number of hydrogen-bond acceptors (Lipinski definition) is 4. The van der Waals surface area contributed by atoms with Crippen LogP contribution in [-0.2, 0) is 20.9 Å². The molecule has 0 aromatic heterocycles. The topological polar surface area (TPSA) is 87.7 Å². The lowest BCUT2D eigenvalue weighted by Crippen LogP contribution is -2.43. The van der Waals surface area contributed by atoms with Crippen molar-refractivity contribution in [3.8, 4) is 0 Å². The van der Waals surface area contributed by atoms with Crippen LogP contribution < -0.4 is 10.6 Å². The van der Waals surface area contributed by atoms with Gasteiger partial charge in [-0.05, 0) is 31.4 Å². The number of rotatable bonds is 5. The zero-order valence-corrected chi connectivity index (χ0v) is 14.3. The third-order valence-electron chi connectivity index (χ3n) is 4.63. The molecule has 2 aliphatic rings. The van der Waals surface area contributed by atoms with Crippen molar-refractivity contribution >= 4 is 23.5 Å². The standard InChI is InChI=1S/C18H23N3O4/c1-12(15-7-4-10-25-15)19-18(24)20-14-6-3-2-5-13(14)11-21-16(22)8-9-17(21)23/h2-3,5-6,12,15H,4,7-11H2,1H3,(H2,19,20,24). The maximum atomic E-state index is 12.3. The number of hydrogen-bond donors (Lipinski definition) is 2. The number of amides is 4. The molecular formula is C18H23N3O4. The lowest BCUT2D eigenvalue weighted by Gasteiger charge is -2.21. The zero-order valence-electron chi connectivity index (χ0n) is 14.3. The minimum atomic E-state index is -0.325. The quantitative estimate of drug-likeness (QED) is 0.799. The molecule has 2 aliphatic heterocycles. The molecule has 4 amide bonds. The monoisotopic (exact) mass is 345 g/mol. The summed E-state index contributed by atoms with van der Waals surface area (Å²) in [7, 11) is 0. The normalized spacial score (nSPS) is 21.5. The van der Waals surface area contributed by atoms with Gasteiger partial charge in [0.25, 0.3) is 0 Å². The zero-order chi connectivity index (χ0) is 17.8. The smallest absolute Gasteiger partial charge is 0.319 e. The highest BCUT2D eigenvalue weighted by Crippen LogP contribution is 2.21. The average Bonchev–Trinajstić information content (AvgIpc) is 3.22. The number of urea groups is 1. The second kappa shape index (κ2) is 7.65. The van der Waals surface area contributed by atoms with E-state index in [2.05, 4.69) is 10.6 Å². The number of benzene rings is 1. The Morgan fingerprint density at radius 2 is 2.00 bits per heavy atom. The van der Waals surface area contributed by atoms with Crippen LogP contribution in [0.1, 0.15) is 38.2 Å². The van der Waals surface area contributed by atoms with E-state index in [0.29, 0.717) is 5.69 Å². The van der Waals surface area contributed by atoms with Crippen LogP contribution in [0.15, 0.2) is 24.3 Å². The fraction of sp³-hybridized carbons (Fsp3) is 0.500. The van der Waals surface area contributed by atoms with Gasteiger partial charge >= 0.3 is 6.03 Å². The first-order valence-corrected chi connectivity index (χ1v) is 8.65. The fourth-order valence-corrected chi connectivity index (χ4v) is 3.20. The molecule has 2 fully saturated rings. The third kappa shape index (κ3) is 4.17. The fourth-order valence-electron chi connectivity index (χ4n) is 3.20. The molecule has 7 nitrogen and oxygen atoms in total. The summed E-state index contributed by atoms with van der Waals surface area (Å²) in [4.78, 5) is 37.1. The second-order valence-corrected chi connectivity index (χ2v) is 6.47. The molecule has 134 valence electrons. The van der Waals surface area contributed by atoms with Crippen LogP contribution in [-0.4, -0.2) is 41.5 Å². The molecule has 2 saturated heterocycles. The first-order valence-electron chi connectivity index (χ1n) is 8.65. The maximum absolute atomic E-state index is 12.3. The lowest BCUT2D eigenvalue weighted by molar-refractivity contribution is -0.139. The molecule has 2 unspecified atom stereocenters. The predicted molar refractivity (Wildman–Crippen MR) is 91.8 cm³/mol. The molecule has 0 aliphatic carbocycles. The van der Waals surface area contributed by atoms with E-state index in [1.54, 1.807) is 18.2 Å². The first-order chi connectivity index (χ1) is 12.0. The number of para-hydroxylation sites is 1. The van der Waals surface area contributed by atoms with Gasteiger partial charge in [-0.1, -0.05) is 18.2 Å². The van der Waals surface area contributed by atoms with Crippen molar-refractivity contribution in [3.63, 3.8) is 0 Å². The van der Waals surface area contributed by atoms with E-state index in [9.17, 15) is 14.4 Å². The average molecular weight is 345 g/mol. The molecule has 0 radical (unpaired) electrons. The van der Waals surface area contributed by atoms with Crippen molar-refractivity contribution in [2.45, 2.75) is 51.3 Å². The van der Waals surface area contributed by atoms with Crippen LogP contribution in [0.5, 0.6) is 0 Å². The molecule has 2 heterocycles. The summed E-state index contributed by atoms with van der Waals surface area (Å²) in [6.45, 7) is 2.83. The minimum absolute atomic E-state index is 0.0424. The highest BCUT2D eigenvalue weighted by molar-refractivity contribution is 6.02. The van der Waals surface area contributed by atoms with Crippen molar-refractivity contribution in [1.29, 1.82) is 0 Å². The Kier molecular flexibility index (Phi) is 5.33. The Morgan fingerprint density at radius 3 is 2.68 bits per heavy atom. The van der Waals surface area contributed by atoms with Gasteiger partial charge in [0.15, 0.2) is 0 Å². The van der Waals surface area contributed by atoms with Gasteiger partial charge in [0, 0.05) is 25.1 Å². The minimum Gasteiger partial charge on any atom is -0.376 e. The number of likely N-dealkylation sites (tertiary alicyclic amines) is 1. The van der Waals surface area contributed by atoms with E-state index >= 15 is 0 Å². The number of anilines is 1. The van der Waals surface area contributed by atoms with E-state index < -0.39 is 0 Å². The molecule has 0 spiro atoms. The summed E-state index contributed by atoms with van der Waals surface area (Å²) in [6.07, 6.45) is 2.51. The van der Waals surface area contributed by atoms with E-state index in [0.717, 1.165) is 25.0 Å². The predicted octanol–water partition coefficient (Wildman–Crippen LogP) is 2.02. The van der Waals surface area contributed by atoms with Crippen molar-refractivity contribution in [3.05, 3.63) is 29.8 Å². The van der Waals surface area contributed by atoms with Crippen LogP contribution in [0.4, 0.5) is 10.5 Å². The summed E-state index contributed by atoms with van der Waals surface area (Å²) in [5, 5.41) is 5.70. The van der Waals surface area contributed by atoms with Crippen molar-refractivity contribution in [1.82, 2.24) is 10.2 Å². The van der Waals surface area contributed by atoms with E-state index in [-0.39, 0.29) is 49.4 Å². The highest BCUT2D eigenvalue weighted by atomic mass is 16.5. The molecule has 25 heavy (non-hydrogen) atoms. The molecule has 1 aromatic rings. The van der Waals surface area contributed by atoms with E-state index in [4.69, 9.17) is 4.74 Å². The molecule has 1 aromatic carbocycles. The first kappa shape index (κ1) is 17.4. The van der Waals surface area contributed by atoms with Crippen molar-refractivity contribution in [2.75, 3.05) is 11.9 Å². The lowest BCUT2D eigenvalue weighted by atomic mass is 10.1. The van der Waals surface area contributed by atoms with Crippen molar-refractivity contribution < 1.29 is 19.1 Å². The van der Waals surface area contributed by atoms with E-state index in [1.165, 1.54) is 4.90 Å². The van der Waals surface area contributed by atoms with Crippen LogP contribution >= 0.6 is 0 Å². The Hall–Kier alpha value is -2.41. The summed E-state index contributed by atoms with van der Waals surface area (Å²) in [6, 6.07) is 6.77. The molecule has 2 atom stereocenters. The van der Waals surface area contributed by atoms with Crippen LogP contribution in [0.25, 0.3) is 0 Å². The number of ether oxygens (including phenoxy) is 1. The highest BCUT2D eigenvalue weighted by Gasteiger charge is 2.29. The summed E-state index contributed by atoms with van der Waals surface area (Å²) >= 11 is 0. The maximum Gasteiger partial charge on any atom is 0.319 e.